The van der Waals surface area contributed by atoms with Crippen molar-refractivity contribution in [2.24, 2.45) is 0 Å². The number of esters is 1. The van der Waals surface area contributed by atoms with E-state index in [4.69, 9.17) is 4.74 Å². The van der Waals surface area contributed by atoms with E-state index < -0.39 is 12.0 Å². The third-order valence-electron chi connectivity index (χ3n) is 9.42. The van der Waals surface area contributed by atoms with E-state index in [9.17, 15) is 14.4 Å². The summed E-state index contributed by atoms with van der Waals surface area (Å²) in [5, 5.41) is 7.82. The molecule has 0 bridgehead atoms. The van der Waals surface area contributed by atoms with Crippen LogP contribution in [0.2, 0.25) is 0 Å². The molecule has 0 aliphatic heterocycles. The Hall–Kier alpha value is -1.79. The second-order valence-corrected chi connectivity index (χ2v) is 14.2. The first kappa shape index (κ1) is 46.2. The molecule has 48 heavy (non-hydrogen) atoms. The van der Waals surface area contributed by atoms with Gasteiger partial charge < -0.3 is 20.7 Å². The van der Waals surface area contributed by atoms with E-state index >= 15 is 0 Å². The molecule has 7 heteroatoms. The third-order valence-corrected chi connectivity index (χ3v) is 9.42. The average Bonchev–Trinajstić information content (AvgIpc) is 3.09. The Morgan fingerprint density at radius 3 is 1.06 bits per heavy atom. The van der Waals surface area contributed by atoms with Gasteiger partial charge in [-0.1, -0.05) is 206 Å². The Morgan fingerprint density at radius 1 is 0.375 bits per heavy atom. The lowest BCUT2D eigenvalue weighted by atomic mass is 10.0. The zero-order valence-electron chi connectivity index (χ0n) is 32.1. The van der Waals surface area contributed by atoms with Crippen molar-refractivity contribution < 1.29 is 19.1 Å². The van der Waals surface area contributed by atoms with Crippen LogP contribution >= 0.6 is 0 Å². The molecule has 0 atom stereocenters. The quantitative estimate of drug-likeness (QED) is 0.0447. The van der Waals surface area contributed by atoms with Crippen molar-refractivity contribution >= 4 is 17.9 Å². The lowest BCUT2D eigenvalue weighted by molar-refractivity contribution is -0.142. The molecule has 0 radical (unpaired) electrons. The summed E-state index contributed by atoms with van der Waals surface area (Å²) in [5.74, 6) is -0.656. The van der Waals surface area contributed by atoms with Gasteiger partial charge in [-0.25, -0.2) is 4.79 Å². The van der Waals surface area contributed by atoms with Crippen molar-refractivity contribution in [3.8, 4) is 0 Å². The molecule has 0 saturated heterocycles. The minimum Gasteiger partial charge on any atom is -0.464 e. The molecular weight excluding hydrogens is 598 g/mol. The largest absolute Gasteiger partial charge is 0.464 e. The highest BCUT2D eigenvalue weighted by Gasteiger charge is 2.08. The van der Waals surface area contributed by atoms with Crippen LogP contribution in [0.3, 0.4) is 0 Å². The van der Waals surface area contributed by atoms with Gasteiger partial charge in [-0.3, -0.25) is 9.59 Å². The number of nitrogens with one attached hydrogen (secondary N) is 3. The van der Waals surface area contributed by atoms with Crippen molar-refractivity contribution in [3.05, 3.63) is 0 Å². The van der Waals surface area contributed by atoms with E-state index in [0.717, 1.165) is 25.7 Å². The van der Waals surface area contributed by atoms with Crippen LogP contribution in [0.15, 0.2) is 0 Å². The maximum atomic E-state index is 12.0. The van der Waals surface area contributed by atoms with E-state index in [2.05, 4.69) is 29.8 Å². The fraction of sp³-hybridized carbons (Fsp3) is 0.927. The molecule has 0 unspecified atom stereocenters. The fourth-order valence-electron chi connectivity index (χ4n) is 6.23. The van der Waals surface area contributed by atoms with Gasteiger partial charge in [-0.2, -0.15) is 0 Å². The third kappa shape index (κ3) is 38.7. The standard InChI is InChI=1S/C41H81N3O4/c1-3-5-7-9-11-13-15-17-19-21-23-25-27-29-31-33-35-42-39(45)37-43-41(47)44-38-40(46)48-36-34-32-30-28-26-24-22-20-18-16-14-12-10-8-6-4-2/h3-38H2,1-2H3,(H,42,45)(H2,43,44,47). The molecule has 0 spiro atoms. The van der Waals surface area contributed by atoms with E-state index in [1.54, 1.807) is 0 Å². The Balaban J connectivity index is 3.36. The minimum atomic E-state index is -0.535. The number of unbranched alkanes of at least 4 members (excludes halogenated alkanes) is 30. The molecule has 284 valence electrons. The highest BCUT2D eigenvalue weighted by atomic mass is 16.5. The average molecular weight is 680 g/mol. The van der Waals surface area contributed by atoms with E-state index in [0.29, 0.717) is 13.2 Å². The molecule has 3 N–H and O–H groups in total. The second kappa shape index (κ2) is 39.6. The number of hydrogen-bond acceptors (Lipinski definition) is 4. The maximum Gasteiger partial charge on any atom is 0.325 e. The summed E-state index contributed by atoms with van der Waals surface area (Å²) in [7, 11) is 0. The zero-order chi connectivity index (χ0) is 35.0. The number of ether oxygens (including phenoxy) is 1. The molecule has 0 saturated carbocycles. The van der Waals surface area contributed by atoms with Gasteiger partial charge in [-0.05, 0) is 12.8 Å². The number of carbonyl (C=O) groups excluding carboxylic acids is 3. The molecule has 0 heterocycles. The first-order valence-electron chi connectivity index (χ1n) is 21.0. The molecular formula is C41H81N3O4. The van der Waals surface area contributed by atoms with Crippen LogP contribution in [-0.2, 0) is 14.3 Å². The molecule has 0 fully saturated rings. The van der Waals surface area contributed by atoms with Crippen molar-refractivity contribution in [1.29, 1.82) is 0 Å². The molecule has 0 aromatic heterocycles. The fourth-order valence-corrected chi connectivity index (χ4v) is 6.23. The molecule has 0 aliphatic rings. The van der Waals surface area contributed by atoms with Gasteiger partial charge in [0.2, 0.25) is 5.91 Å². The summed E-state index contributed by atoms with van der Waals surface area (Å²) in [6.45, 7) is 5.28. The summed E-state index contributed by atoms with van der Waals surface area (Å²) in [6, 6.07) is -0.535. The first-order chi connectivity index (χ1) is 23.6. The number of urea groups is 1. The topological polar surface area (TPSA) is 96.5 Å². The molecule has 0 aromatic rings. The van der Waals surface area contributed by atoms with Gasteiger partial charge in [0, 0.05) is 6.54 Å². The molecule has 0 rings (SSSR count). The summed E-state index contributed by atoms with van der Waals surface area (Å²) < 4.78 is 5.22. The number of carbonyl (C=O) groups is 3. The van der Waals surface area contributed by atoms with Crippen LogP contribution in [0.5, 0.6) is 0 Å². The Bertz CT molecular complexity index is 647. The number of amides is 3. The molecule has 0 aromatic carbocycles. The van der Waals surface area contributed by atoms with Gasteiger partial charge in [0.15, 0.2) is 0 Å². The van der Waals surface area contributed by atoms with Gasteiger partial charge in [0.25, 0.3) is 0 Å². The number of hydrogen-bond donors (Lipinski definition) is 3. The first-order valence-corrected chi connectivity index (χ1v) is 21.0. The minimum absolute atomic E-state index is 0.0983. The van der Waals surface area contributed by atoms with E-state index in [1.807, 2.05) is 0 Å². The lowest BCUT2D eigenvalue weighted by Crippen LogP contribution is -2.43. The van der Waals surface area contributed by atoms with Crippen molar-refractivity contribution in [1.82, 2.24) is 16.0 Å². The van der Waals surface area contributed by atoms with Crippen LogP contribution in [0, 0.1) is 0 Å². The summed E-state index contributed by atoms with van der Waals surface area (Å²) >= 11 is 0. The summed E-state index contributed by atoms with van der Waals surface area (Å²) in [6.07, 6.45) is 42.1. The predicted molar refractivity (Wildman–Crippen MR) is 204 cm³/mol. The SMILES string of the molecule is CCCCCCCCCCCCCCCCCCNC(=O)CNC(=O)NCC(=O)OCCCCCCCCCCCCCCCCCC. The second-order valence-electron chi connectivity index (χ2n) is 14.2. The van der Waals surface area contributed by atoms with Crippen LogP contribution in [0.1, 0.15) is 219 Å². The Labute approximate surface area is 298 Å². The summed E-state index contributed by atoms with van der Waals surface area (Å²) in [5.41, 5.74) is 0. The van der Waals surface area contributed by atoms with Crippen molar-refractivity contribution in [2.75, 3.05) is 26.2 Å². The monoisotopic (exact) mass is 680 g/mol. The Morgan fingerprint density at radius 2 is 0.688 bits per heavy atom. The smallest absolute Gasteiger partial charge is 0.325 e. The van der Waals surface area contributed by atoms with Crippen molar-refractivity contribution in [3.63, 3.8) is 0 Å². The lowest BCUT2D eigenvalue weighted by Gasteiger charge is -2.09. The molecule has 0 aliphatic carbocycles. The highest BCUT2D eigenvalue weighted by molar-refractivity contribution is 5.85. The van der Waals surface area contributed by atoms with E-state index in [1.165, 1.54) is 180 Å². The van der Waals surface area contributed by atoms with Crippen LogP contribution in [0.4, 0.5) is 4.79 Å². The van der Waals surface area contributed by atoms with Gasteiger partial charge in [0.05, 0.1) is 13.2 Å². The molecule has 7 nitrogen and oxygen atoms in total. The summed E-state index contributed by atoms with van der Waals surface area (Å²) in [4.78, 5) is 35.8. The highest BCUT2D eigenvalue weighted by Crippen LogP contribution is 2.15. The predicted octanol–water partition coefficient (Wildman–Crippen LogP) is 11.5. The van der Waals surface area contributed by atoms with Crippen molar-refractivity contribution in [2.45, 2.75) is 219 Å². The van der Waals surface area contributed by atoms with Gasteiger partial charge in [0.1, 0.15) is 6.54 Å². The van der Waals surface area contributed by atoms with Crippen LogP contribution in [0.25, 0.3) is 0 Å². The molecule has 3 amide bonds. The van der Waals surface area contributed by atoms with Gasteiger partial charge >= 0.3 is 12.0 Å². The van der Waals surface area contributed by atoms with E-state index in [-0.39, 0.29) is 19.0 Å². The van der Waals surface area contributed by atoms with Crippen LogP contribution < -0.4 is 16.0 Å². The van der Waals surface area contributed by atoms with Gasteiger partial charge in [-0.15, -0.1) is 0 Å². The Kier molecular flexibility index (Phi) is 38.2. The number of rotatable bonds is 38. The normalized spacial score (nSPS) is 11.0. The van der Waals surface area contributed by atoms with Crippen LogP contribution in [-0.4, -0.2) is 44.1 Å². The maximum absolute atomic E-state index is 12.0. The zero-order valence-corrected chi connectivity index (χ0v) is 32.1.